The van der Waals surface area contributed by atoms with E-state index in [1.807, 2.05) is 48.5 Å². The molecule has 0 bridgehead atoms. The molecule has 0 unspecified atom stereocenters. The average molecular weight is 345 g/mol. The molecule has 3 aromatic carbocycles. The van der Waals surface area contributed by atoms with Gasteiger partial charge in [0, 0.05) is 5.56 Å². The molecule has 0 saturated heterocycles. The number of aromatic nitrogens is 2. The lowest BCUT2D eigenvalue weighted by molar-refractivity contribution is 0.277. The van der Waals surface area contributed by atoms with Crippen molar-refractivity contribution >= 4 is 16.7 Å². The van der Waals surface area contributed by atoms with Gasteiger partial charge in [0.1, 0.15) is 18.2 Å². The predicted octanol–water partition coefficient (Wildman–Crippen LogP) is 4.60. The maximum atomic E-state index is 13.7. The molecule has 0 aliphatic heterocycles. The number of benzene rings is 3. The Morgan fingerprint density at radius 2 is 1.62 bits per heavy atom. The number of hydrogen-bond acceptors (Lipinski definition) is 4. The van der Waals surface area contributed by atoms with Crippen molar-refractivity contribution in [2.24, 2.45) is 0 Å². The van der Waals surface area contributed by atoms with E-state index in [1.54, 1.807) is 18.2 Å². The molecule has 0 aliphatic rings. The molecule has 26 heavy (non-hydrogen) atoms. The number of nitrogen functional groups attached to an aromatic ring is 1. The van der Waals surface area contributed by atoms with Crippen molar-refractivity contribution in [1.82, 2.24) is 9.97 Å². The minimum atomic E-state index is -0.326. The number of nitrogens with zero attached hydrogens (tertiary/aromatic N) is 2. The monoisotopic (exact) mass is 345 g/mol. The molecule has 0 spiro atoms. The lowest BCUT2D eigenvalue weighted by atomic mass is 10.0. The van der Waals surface area contributed by atoms with Gasteiger partial charge >= 0.3 is 6.01 Å². The van der Waals surface area contributed by atoms with Gasteiger partial charge in [0.2, 0.25) is 0 Å². The van der Waals surface area contributed by atoms with Crippen molar-refractivity contribution in [2.45, 2.75) is 6.61 Å². The van der Waals surface area contributed by atoms with E-state index in [-0.39, 0.29) is 18.4 Å². The van der Waals surface area contributed by atoms with Crippen molar-refractivity contribution < 1.29 is 9.13 Å². The second-order valence-electron chi connectivity index (χ2n) is 5.84. The summed E-state index contributed by atoms with van der Waals surface area (Å²) >= 11 is 0. The van der Waals surface area contributed by atoms with Crippen LogP contribution < -0.4 is 10.5 Å². The largest absolute Gasteiger partial charge is 0.458 e. The Kier molecular flexibility index (Phi) is 4.19. The number of ether oxygens (including phenoxy) is 1. The highest BCUT2D eigenvalue weighted by atomic mass is 19.1. The van der Waals surface area contributed by atoms with E-state index in [0.717, 1.165) is 16.5 Å². The topological polar surface area (TPSA) is 61.0 Å². The molecule has 4 rings (SSSR count). The summed E-state index contributed by atoms with van der Waals surface area (Å²) in [6.07, 6.45) is 0. The maximum Gasteiger partial charge on any atom is 0.319 e. The Hall–Kier alpha value is -3.47. The zero-order valence-electron chi connectivity index (χ0n) is 13.9. The highest BCUT2D eigenvalue weighted by molar-refractivity contribution is 6.01. The van der Waals surface area contributed by atoms with Crippen LogP contribution in [-0.2, 0) is 6.61 Å². The molecular weight excluding hydrogens is 329 g/mol. The van der Waals surface area contributed by atoms with Crippen molar-refractivity contribution in [3.8, 4) is 17.1 Å². The summed E-state index contributed by atoms with van der Waals surface area (Å²) in [7, 11) is 0. The van der Waals surface area contributed by atoms with Gasteiger partial charge in [-0.25, -0.2) is 4.39 Å². The summed E-state index contributed by atoms with van der Waals surface area (Å²) in [5, 5.41) is 0.775. The van der Waals surface area contributed by atoms with Crippen LogP contribution >= 0.6 is 0 Å². The van der Waals surface area contributed by atoms with Crippen LogP contribution in [-0.4, -0.2) is 9.97 Å². The molecule has 0 aliphatic carbocycles. The van der Waals surface area contributed by atoms with Crippen LogP contribution in [0, 0.1) is 5.82 Å². The van der Waals surface area contributed by atoms with Gasteiger partial charge in [0.15, 0.2) is 0 Å². The second-order valence-corrected chi connectivity index (χ2v) is 5.84. The summed E-state index contributed by atoms with van der Waals surface area (Å²) in [6.45, 7) is 0.0377. The lowest BCUT2D eigenvalue weighted by Crippen LogP contribution is -2.04. The lowest BCUT2D eigenvalue weighted by Gasteiger charge is -2.11. The molecule has 4 nitrogen and oxygen atoms in total. The summed E-state index contributed by atoms with van der Waals surface area (Å²) < 4.78 is 19.3. The number of nitrogens with two attached hydrogens (primary N) is 1. The number of hydrogen-bond donors (Lipinski definition) is 1. The van der Waals surface area contributed by atoms with Crippen molar-refractivity contribution in [2.75, 3.05) is 5.73 Å². The first-order valence-electron chi connectivity index (χ1n) is 8.20. The first-order chi connectivity index (χ1) is 12.7. The van der Waals surface area contributed by atoms with Crippen LogP contribution in [0.15, 0.2) is 72.8 Å². The first kappa shape index (κ1) is 16.0. The summed E-state index contributed by atoms with van der Waals surface area (Å²) in [5.74, 6) is 0.00520. The average Bonchev–Trinajstić information content (AvgIpc) is 2.67. The van der Waals surface area contributed by atoms with Gasteiger partial charge in [0.25, 0.3) is 0 Å². The van der Waals surface area contributed by atoms with Gasteiger partial charge in [-0.15, -0.1) is 0 Å². The van der Waals surface area contributed by atoms with Crippen LogP contribution in [0.1, 0.15) is 5.56 Å². The SMILES string of the molecule is Nc1nc(OCc2ccccc2F)nc2cccc(-c3ccccc3)c12. The summed E-state index contributed by atoms with van der Waals surface area (Å²) in [5.41, 5.74) is 9.30. The van der Waals surface area contributed by atoms with Crippen LogP contribution in [0.4, 0.5) is 10.2 Å². The fourth-order valence-electron chi connectivity index (χ4n) is 2.87. The Labute approximate surface area is 150 Å². The minimum absolute atomic E-state index is 0.0377. The molecule has 0 fully saturated rings. The van der Waals surface area contributed by atoms with Crippen molar-refractivity contribution in [3.63, 3.8) is 0 Å². The van der Waals surface area contributed by atoms with Gasteiger partial charge in [-0.3, -0.25) is 0 Å². The third-order valence-corrected chi connectivity index (χ3v) is 4.13. The number of halogens is 1. The van der Waals surface area contributed by atoms with Gasteiger partial charge < -0.3 is 10.5 Å². The van der Waals surface area contributed by atoms with E-state index in [4.69, 9.17) is 10.5 Å². The van der Waals surface area contributed by atoms with Crippen LogP contribution in [0.5, 0.6) is 6.01 Å². The predicted molar refractivity (Wildman–Crippen MR) is 100 cm³/mol. The molecule has 4 aromatic rings. The molecule has 0 amide bonds. The van der Waals surface area contributed by atoms with Gasteiger partial charge in [0.05, 0.1) is 10.9 Å². The van der Waals surface area contributed by atoms with E-state index in [1.165, 1.54) is 6.07 Å². The Bertz CT molecular complexity index is 1070. The van der Waals surface area contributed by atoms with E-state index in [2.05, 4.69) is 9.97 Å². The molecule has 0 saturated carbocycles. The third kappa shape index (κ3) is 3.07. The summed E-state index contributed by atoms with van der Waals surface area (Å²) in [6, 6.07) is 22.2. The third-order valence-electron chi connectivity index (χ3n) is 4.13. The molecule has 1 heterocycles. The number of anilines is 1. The first-order valence-corrected chi connectivity index (χ1v) is 8.20. The maximum absolute atomic E-state index is 13.7. The Morgan fingerprint density at radius 3 is 2.42 bits per heavy atom. The van der Waals surface area contributed by atoms with E-state index in [0.29, 0.717) is 16.9 Å². The van der Waals surface area contributed by atoms with Crippen LogP contribution in [0.2, 0.25) is 0 Å². The number of rotatable bonds is 4. The Morgan fingerprint density at radius 1 is 0.846 bits per heavy atom. The molecule has 0 atom stereocenters. The highest BCUT2D eigenvalue weighted by Gasteiger charge is 2.12. The van der Waals surface area contributed by atoms with Gasteiger partial charge in [-0.1, -0.05) is 60.7 Å². The molecule has 0 radical (unpaired) electrons. The fraction of sp³-hybridized carbons (Fsp3) is 0.0476. The minimum Gasteiger partial charge on any atom is -0.458 e. The van der Waals surface area contributed by atoms with E-state index >= 15 is 0 Å². The molecule has 2 N–H and O–H groups in total. The standard InChI is InChI=1S/C21H16FN3O/c22-17-11-5-4-9-15(17)13-26-21-24-18-12-6-10-16(19(18)20(23)25-21)14-7-2-1-3-8-14/h1-12H,13H2,(H2,23,24,25). The smallest absolute Gasteiger partial charge is 0.319 e. The van der Waals surface area contributed by atoms with Crippen molar-refractivity contribution in [1.29, 1.82) is 0 Å². The van der Waals surface area contributed by atoms with Crippen LogP contribution in [0.25, 0.3) is 22.0 Å². The molecule has 128 valence electrons. The van der Waals surface area contributed by atoms with Crippen molar-refractivity contribution in [3.05, 3.63) is 84.2 Å². The molecule has 1 aromatic heterocycles. The fourth-order valence-corrected chi connectivity index (χ4v) is 2.87. The Balaban J connectivity index is 1.70. The number of fused-ring (bicyclic) bond motifs is 1. The second kappa shape index (κ2) is 6.80. The van der Waals surface area contributed by atoms with Crippen LogP contribution in [0.3, 0.4) is 0 Å². The normalized spacial score (nSPS) is 10.8. The van der Waals surface area contributed by atoms with E-state index < -0.39 is 0 Å². The van der Waals surface area contributed by atoms with Gasteiger partial charge in [-0.05, 0) is 23.3 Å². The zero-order valence-corrected chi connectivity index (χ0v) is 13.9. The van der Waals surface area contributed by atoms with E-state index in [9.17, 15) is 4.39 Å². The summed E-state index contributed by atoms with van der Waals surface area (Å²) in [4.78, 5) is 8.69. The highest BCUT2D eigenvalue weighted by Crippen LogP contribution is 2.32. The molecular formula is C21H16FN3O. The molecule has 5 heteroatoms. The van der Waals surface area contributed by atoms with Gasteiger partial charge in [-0.2, -0.15) is 9.97 Å². The zero-order chi connectivity index (χ0) is 17.9. The quantitative estimate of drug-likeness (QED) is 0.587.